The largest absolute Gasteiger partial charge is 0.416 e. The number of carbonyl (C=O) groups excluding carboxylic acids is 3. The highest BCUT2D eigenvalue weighted by Gasteiger charge is 2.44. The summed E-state index contributed by atoms with van der Waals surface area (Å²) in [6, 6.07) is 5.73. The van der Waals surface area contributed by atoms with Crippen molar-refractivity contribution in [2.24, 2.45) is 0 Å². The molecule has 0 radical (unpaired) electrons. The first-order chi connectivity index (χ1) is 16.1. The molecule has 1 N–H and O–H groups in total. The van der Waals surface area contributed by atoms with Gasteiger partial charge in [-0.15, -0.1) is 0 Å². The fourth-order valence-electron chi connectivity index (χ4n) is 3.49. The van der Waals surface area contributed by atoms with Crippen molar-refractivity contribution < 1.29 is 31.9 Å². The number of aromatic nitrogens is 3. The number of rotatable bonds is 5. The van der Waals surface area contributed by atoms with E-state index >= 15 is 0 Å². The third-order valence-electron chi connectivity index (χ3n) is 5.12. The number of alkyl halides is 3. The maximum atomic E-state index is 13.2. The van der Waals surface area contributed by atoms with E-state index in [-0.39, 0.29) is 17.1 Å². The van der Waals surface area contributed by atoms with Gasteiger partial charge in [0.2, 0.25) is 5.91 Å². The molecule has 1 saturated heterocycles. The molecule has 0 aliphatic carbocycles. The number of nitrogens with one attached hydrogen (secondary N) is 1. The maximum Gasteiger partial charge on any atom is 0.416 e. The van der Waals surface area contributed by atoms with Gasteiger partial charge in [0.25, 0.3) is 5.91 Å². The third kappa shape index (κ3) is 4.31. The van der Waals surface area contributed by atoms with Crippen molar-refractivity contribution in [1.82, 2.24) is 19.7 Å². The lowest BCUT2D eigenvalue weighted by Gasteiger charge is -2.19. The summed E-state index contributed by atoms with van der Waals surface area (Å²) in [5, 5.41) is 6.17. The third-order valence-corrected chi connectivity index (χ3v) is 5.12. The van der Waals surface area contributed by atoms with Crippen LogP contribution in [0.2, 0.25) is 0 Å². The van der Waals surface area contributed by atoms with Crippen molar-refractivity contribution >= 4 is 29.2 Å². The first-order valence-electron chi connectivity index (χ1n) is 9.82. The van der Waals surface area contributed by atoms with Crippen LogP contribution in [0.1, 0.15) is 12.5 Å². The maximum absolute atomic E-state index is 13.2. The van der Waals surface area contributed by atoms with Crippen LogP contribution in [0.15, 0.2) is 55.1 Å². The molecular formula is C21H16F4N6O3. The van der Waals surface area contributed by atoms with Crippen molar-refractivity contribution in [3.63, 3.8) is 0 Å². The molecular weight excluding hydrogens is 460 g/mol. The van der Waals surface area contributed by atoms with Crippen molar-refractivity contribution in [3.8, 4) is 5.69 Å². The Morgan fingerprint density at radius 1 is 1.12 bits per heavy atom. The molecule has 176 valence electrons. The number of imide groups is 1. The topological polar surface area (TPSA) is 100 Å². The van der Waals surface area contributed by atoms with Gasteiger partial charge in [-0.3, -0.25) is 19.4 Å². The molecule has 1 aliphatic heterocycles. The first-order valence-corrected chi connectivity index (χ1v) is 9.82. The standard InChI is InChI=1S/C21H16F4N6O3/c1-12-19(33)29(20(34)31(12)15-5-3-14(22)4-6-15)9-18(32)28-16-8-13(21(23,24)25)2-7-17(16)30-11-26-10-27-30/h2-8,10-12H,9H2,1H3,(H,28,32). The van der Waals surface area contributed by atoms with Gasteiger partial charge in [-0.2, -0.15) is 18.3 Å². The monoisotopic (exact) mass is 476 g/mol. The second-order valence-electron chi connectivity index (χ2n) is 7.35. The highest BCUT2D eigenvalue weighted by atomic mass is 19.4. The Morgan fingerprint density at radius 3 is 2.44 bits per heavy atom. The van der Waals surface area contributed by atoms with Crippen LogP contribution in [0.4, 0.5) is 33.7 Å². The number of urea groups is 1. The zero-order chi connectivity index (χ0) is 24.6. The van der Waals surface area contributed by atoms with Crippen LogP contribution >= 0.6 is 0 Å². The minimum atomic E-state index is -4.67. The van der Waals surface area contributed by atoms with E-state index in [1.54, 1.807) is 0 Å². The summed E-state index contributed by atoms with van der Waals surface area (Å²) in [4.78, 5) is 43.6. The average Bonchev–Trinajstić information content (AvgIpc) is 3.38. The van der Waals surface area contributed by atoms with E-state index in [0.717, 1.165) is 46.2 Å². The molecule has 34 heavy (non-hydrogen) atoms. The lowest BCUT2D eigenvalue weighted by atomic mass is 10.1. The summed E-state index contributed by atoms with van der Waals surface area (Å²) >= 11 is 0. The summed E-state index contributed by atoms with van der Waals surface area (Å²) in [5.41, 5.74) is -0.912. The molecule has 1 unspecified atom stereocenters. The summed E-state index contributed by atoms with van der Waals surface area (Å²) in [6.45, 7) is 0.698. The fourth-order valence-corrected chi connectivity index (χ4v) is 3.49. The molecule has 0 spiro atoms. The van der Waals surface area contributed by atoms with Crippen LogP contribution in [0.25, 0.3) is 5.69 Å². The molecule has 1 atom stereocenters. The predicted molar refractivity (Wildman–Crippen MR) is 110 cm³/mol. The van der Waals surface area contributed by atoms with Crippen molar-refractivity contribution in [2.75, 3.05) is 16.8 Å². The predicted octanol–water partition coefficient (Wildman–Crippen LogP) is 3.22. The number of halogens is 4. The Bertz CT molecular complexity index is 1240. The van der Waals surface area contributed by atoms with Crippen LogP contribution in [0, 0.1) is 5.82 Å². The number of nitrogens with zero attached hydrogens (tertiary/aromatic N) is 5. The molecule has 0 saturated carbocycles. The lowest BCUT2D eigenvalue weighted by Crippen LogP contribution is -2.39. The van der Waals surface area contributed by atoms with Gasteiger partial charge in [-0.25, -0.2) is 18.9 Å². The van der Waals surface area contributed by atoms with E-state index < -0.39 is 48.0 Å². The summed E-state index contributed by atoms with van der Waals surface area (Å²) in [7, 11) is 0. The molecule has 2 aromatic carbocycles. The van der Waals surface area contributed by atoms with E-state index in [9.17, 15) is 31.9 Å². The Morgan fingerprint density at radius 2 is 1.82 bits per heavy atom. The van der Waals surface area contributed by atoms with Gasteiger partial charge >= 0.3 is 12.2 Å². The second kappa shape index (κ2) is 8.57. The quantitative estimate of drug-likeness (QED) is 0.450. The van der Waals surface area contributed by atoms with E-state index in [2.05, 4.69) is 15.4 Å². The van der Waals surface area contributed by atoms with Gasteiger partial charge in [0, 0.05) is 5.69 Å². The van der Waals surface area contributed by atoms with Crippen LogP contribution in [-0.2, 0) is 15.8 Å². The molecule has 4 amide bonds. The van der Waals surface area contributed by atoms with Crippen molar-refractivity contribution in [2.45, 2.75) is 19.1 Å². The van der Waals surface area contributed by atoms with Crippen LogP contribution in [0.3, 0.4) is 0 Å². The van der Waals surface area contributed by atoms with Gasteiger partial charge < -0.3 is 5.32 Å². The van der Waals surface area contributed by atoms with Crippen molar-refractivity contribution in [1.29, 1.82) is 0 Å². The minimum absolute atomic E-state index is 0.0965. The molecule has 9 nitrogen and oxygen atoms in total. The van der Waals surface area contributed by atoms with E-state index in [0.29, 0.717) is 4.90 Å². The molecule has 1 aromatic heterocycles. The SMILES string of the molecule is CC1C(=O)N(CC(=O)Nc2cc(C(F)(F)F)ccc2-n2cncn2)C(=O)N1c1ccc(F)cc1. The van der Waals surface area contributed by atoms with Gasteiger partial charge in [0.15, 0.2) is 0 Å². The van der Waals surface area contributed by atoms with Crippen LogP contribution in [-0.4, -0.2) is 50.1 Å². The van der Waals surface area contributed by atoms with Gasteiger partial charge in [-0.1, -0.05) is 0 Å². The van der Waals surface area contributed by atoms with E-state index in [4.69, 9.17) is 0 Å². The zero-order valence-corrected chi connectivity index (χ0v) is 17.5. The number of carbonyl (C=O) groups is 3. The van der Waals surface area contributed by atoms with Gasteiger partial charge in [0.05, 0.1) is 16.9 Å². The Labute approximate surface area is 189 Å². The molecule has 4 rings (SSSR count). The molecule has 13 heteroatoms. The number of anilines is 2. The smallest absolute Gasteiger partial charge is 0.323 e. The molecule has 1 aliphatic rings. The van der Waals surface area contributed by atoms with E-state index in [1.165, 1.54) is 25.4 Å². The van der Waals surface area contributed by atoms with Gasteiger partial charge in [-0.05, 0) is 49.4 Å². The normalized spacial score (nSPS) is 16.3. The molecule has 0 bridgehead atoms. The zero-order valence-electron chi connectivity index (χ0n) is 17.5. The van der Waals surface area contributed by atoms with Gasteiger partial charge in [0.1, 0.15) is 31.1 Å². The average molecular weight is 476 g/mol. The van der Waals surface area contributed by atoms with Crippen molar-refractivity contribution in [3.05, 3.63) is 66.5 Å². The summed E-state index contributed by atoms with van der Waals surface area (Å²) in [5.74, 6) is -2.13. The Balaban J connectivity index is 1.57. The molecule has 2 heterocycles. The Hall–Kier alpha value is -4.29. The summed E-state index contributed by atoms with van der Waals surface area (Å²) < 4.78 is 54.0. The Kier molecular flexibility index (Phi) is 5.77. The number of hydrogen-bond acceptors (Lipinski definition) is 5. The minimum Gasteiger partial charge on any atom is -0.323 e. The number of hydrogen-bond donors (Lipinski definition) is 1. The molecule has 3 aromatic rings. The second-order valence-corrected chi connectivity index (χ2v) is 7.35. The first kappa shape index (κ1) is 22.9. The van der Waals surface area contributed by atoms with Crippen LogP contribution < -0.4 is 10.2 Å². The lowest BCUT2D eigenvalue weighted by molar-refractivity contribution is -0.137. The van der Waals surface area contributed by atoms with E-state index in [1.807, 2.05) is 0 Å². The highest BCUT2D eigenvalue weighted by molar-refractivity contribution is 6.16. The summed E-state index contributed by atoms with van der Waals surface area (Å²) in [6.07, 6.45) is -2.28. The van der Waals surface area contributed by atoms with Crippen LogP contribution in [0.5, 0.6) is 0 Å². The molecule has 1 fully saturated rings. The highest BCUT2D eigenvalue weighted by Crippen LogP contribution is 2.33. The number of benzene rings is 2. The fraction of sp³-hybridized carbons (Fsp3) is 0.190. The number of amides is 4.